The van der Waals surface area contributed by atoms with Crippen LogP contribution in [-0.2, 0) is 27.1 Å². The van der Waals surface area contributed by atoms with Gasteiger partial charge in [-0.2, -0.15) is 11.3 Å². The van der Waals surface area contributed by atoms with Crippen molar-refractivity contribution >= 4 is 84.9 Å². The molecule has 0 saturated carbocycles. The Morgan fingerprint density at radius 3 is 1.64 bits per heavy atom. The molecule has 0 atom stereocenters. The first kappa shape index (κ1) is 48.0. The number of anilines is 9. The van der Waals surface area contributed by atoms with E-state index in [0.717, 1.165) is 23.5 Å². The molecule has 7 aromatic carbocycles. The van der Waals surface area contributed by atoms with Crippen molar-refractivity contribution in [2.75, 3.05) is 14.7 Å². The lowest BCUT2D eigenvalue weighted by atomic mass is 9.36. The Kier molecular flexibility index (Phi) is 11.3. The van der Waals surface area contributed by atoms with Gasteiger partial charge in [0.1, 0.15) is 0 Å². The third-order valence-corrected chi connectivity index (χ3v) is 17.7. The van der Waals surface area contributed by atoms with Gasteiger partial charge in [-0.05, 0) is 164 Å². The van der Waals surface area contributed by atoms with E-state index in [2.05, 4.69) is 281 Å². The highest BCUT2D eigenvalue weighted by atomic mass is 32.1. The second-order valence-electron chi connectivity index (χ2n) is 25.5. The van der Waals surface area contributed by atoms with Crippen molar-refractivity contribution in [1.82, 2.24) is 0 Å². The molecule has 0 N–H and O–H groups in total. The van der Waals surface area contributed by atoms with Gasteiger partial charge < -0.3 is 14.7 Å². The normalized spacial score (nSPS) is 15.7. The number of hydrogen-bond acceptors (Lipinski definition) is 4. The van der Waals surface area contributed by atoms with Gasteiger partial charge >= 0.3 is 0 Å². The highest BCUT2D eigenvalue weighted by Crippen LogP contribution is 2.57. The smallest absolute Gasteiger partial charge is 0.264 e. The van der Waals surface area contributed by atoms with Crippen LogP contribution in [0.25, 0.3) is 11.1 Å². The van der Waals surface area contributed by atoms with Gasteiger partial charge in [0.2, 0.25) is 0 Å². The van der Waals surface area contributed by atoms with Crippen molar-refractivity contribution in [3.05, 3.63) is 190 Å². The van der Waals surface area contributed by atoms with Crippen molar-refractivity contribution < 1.29 is 0 Å². The van der Waals surface area contributed by atoms with Crippen LogP contribution in [0, 0.1) is 6.92 Å². The van der Waals surface area contributed by atoms with Crippen LogP contribution in [0.5, 0.6) is 0 Å². The van der Waals surface area contributed by atoms with E-state index in [-0.39, 0.29) is 33.8 Å². The lowest BCUT2D eigenvalue weighted by Gasteiger charge is -2.46. The van der Waals surface area contributed by atoms with Gasteiger partial charge in [-0.1, -0.05) is 175 Å². The molecule has 3 nitrogen and oxygen atoms in total. The molecule has 8 aromatic rings. The minimum absolute atomic E-state index is 0.00576. The van der Waals surface area contributed by atoms with Crippen molar-refractivity contribution in [2.24, 2.45) is 0 Å². The SMILES string of the molecule is Cc1cc2c3c(c1)N(c1ccc(C(C)(C)C)cc1)c1c(sc4c1C(C)(C)CCC4(C)C)B3c1ccc(N(c3ccccc3)c3ccc(C(C)(C)C)cc3)cc1N2c1ccc(C(C)(C)C)cc1-c1ccccc1. The molecule has 364 valence electrons. The first-order valence-electron chi connectivity index (χ1n) is 26.3. The first-order chi connectivity index (χ1) is 34.0. The summed E-state index contributed by atoms with van der Waals surface area (Å²) >= 11 is 2.10. The zero-order chi connectivity index (χ0) is 50.9. The number of aryl methyl sites for hydroxylation is 1. The zero-order valence-corrected chi connectivity index (χ0v) is 46.1. The summed E-state index contributed by atoms with van der Waals surface area (Å²) in [6.45, 7) is 33.2. The maximum Gasteiger partial charge on any atom is 0.264 e. The Morgan fingerprint density at radius 1 is 0.500 bits per heavy atom. The quantitative estimate of drug-likeness (QED) is 0.154. The topological polar surface area (TPSA) is 9.72 Å². The van der Waals surface area contributed by atoms with Crippen LogP contribution >= 0.6 is 11.3 Å². The summed E-state index contributed by atoms with van der Waals surface area (Å²) in [5.74, 6) is 0. The number of hydrogen-bond donors (Lipinski definition) is 0. The van der Waals surface area contributed by atoms with E-state index < -0.39 is 0 Å². The third kappa shape index (κ3) is 8.02. The van der Waals surface area contributed by atoms with E-state index in [4.69, 9.17) is 0 Å². The van der Waals surface area contributed by atoms with E-state index in [1.807, 2.05) is 0 Å². The molecule has 0 unspecified atom stereocenters. The van der Waals surface area contributed by atoms with Gasteiger partial charge in [-0.3, -0.25) is 0 Å². The maximum atomic E-state index is 2.69. The molecule has 0 bridgehead atoms. The Labute approximate surface area is 435 Å². The van der Waals surface area contributed by atoms with E-state index in [1.54, 1.807) is 4.88 Å². The average Bonchev–Trinajstić information content (AvgIpc) is 3.76. The van der Waals surface area contributed by atoms with E-state index in [1.165, 1.54) is 95.2 Å². The van der Waals surface area contributed by atoms with Crippen molar-refractivity contribution in [3.63, 3.8) is 0 Å². The summed E-state index contributed by atoms with van der Waals surface area (Å²) in [7, 11) is 0. The van der Waals surface area contributed by atoms with E-state index in [0.29, 0.717) is 0 Å². The van der Waals surface area contributed by atoms with Crippen molar-refractivity contribution in [2.45, 2.75) is 137 Å². The lowest BCUT2D eigenvalue weighted by molar-refractivity contribution is 0.339. The van der Waals surface area contributed by atoms with Crippen LogP contribution in [-0.4, -0.2) is 6.71 Å². The first-order valence-corrected chi connectivity index (χ1v) is 27.2. The Balaban J connectivity index is 1.25. The summed E-state index contributed by atoms with van der Waals surface area (Å²) < 4.78 is 1.46. The van der Waals surface area contributed by atoms with Crippen molar-refractivity contribution in [1.29, 1.82) is 0 Å². The Morgan fingerprint density at radius 2 is 1.03 bits per heavy atom. The van der Waals surface area contributed by atoms with Crippen LogP contribution < -0.4 is 30.4 Å². The summed E-state index contributed by atoms with van der Waals surface area (Å²) in [6.07, 6.45) is 2.32. The minimum Gasteiger partial charge on any atom is -0.311 e. The van der Waals surface area contributed by atoms with Crippen LogP contribution in [0.3, 0.4) is 0 Å². The summed E-state index contributed by atoms with van der Waals surface area (Å²) in [6, 6.07) is 60.4. The molecule has 1 aliphatic carbocycles. The fourth-order valence-corrected chi connectivity index (χ4v) is 13.6. The molecule has 0 spiro atoms. The molecule has 3 aliphatic rings. The van der Waals surface area contributed by atoms with Gasteiger partial charge in [-0.15, -0.1) is 0 Å². The number of rotatable bonds is 6. The molecule has 0 saturated heterocycles. The second-order valence-corrected chi connectivity index (χ2v) is 26.5. The molecule has 72 heavy (non-hydrogen) atoms. The van der Waals surface area contributed by atoms with Crippen LogP contribution in [0.1, 0.15) is 136 Å². The van der Waals surface area contributed by atoms with Crippen molar-refractivity contribution in [3.8, 4) is 11.1 Å². The fraction of sp³-hybridized carbons (Fsp3) is 0.313. The zero-order valence-electron chi connectivity index (χ0n) is 45.3. The van der Waals surface area contributed by atoms with Crippen LogP contribution in [0.15, 0.2) is 158 Å². The minimum atomic E-state index is -0.0410. The number of nitrogens with zero attached hydrogens (tertiary/aromatic N) is 3. The second kappa shape index (κ2) is 16.9. The van der Waals surface area contributed by atoms with Crippen LogP contribution in [0.2, 0.25) is 0 Å². The van der Waals surface area contributed by atoms with E-state index >= 15 is 0 Å². The Hall–Kier alpha value is -6.30. The predicted octanol–water partition coefficient (Wildman–Crippen LogP) is 17.5. The monoisotopic (exact) mass is 962 g/mol. The molecule has 0 fully saturated rings. The third-order valence-electron chi connectivity index (χ3n) is 16.1. The summed E-state index contributed by atoms with van der Waals surface area (Å²) in [5.41, 5.74) is 22.9. The molecular weight excluding hydrogens is 890 g/mol. The highest BCUT2D eigenvalue weighted by molar-refractivity contribution is 7.29. The molecule has 11 rings (SSSR count). The van der Waals surface area contributed by atoms with Gasteiger partial charge in [0.15, 0.2) is 0 Å². The molecule has 1 aromatic heterocycles. The van der Waals surface area contributed by atoms with Gasteiger partial charge in [0, 0.05) is 55.0 Å². The van der Waals surface area contributed by atoms with E-state index in [9.17, 15) is 0 Å². The molecule has 5 heteroatoms. The summed E-state index contributed by atoms with van der Waals surface area (Å²) in [5, 5.41) is 0. The number of benzene rings is 7. The lowest BCUT2D eigenvalue weighted by Crippen LogP contribution is -2.60. The predicted molar refractivity (Wildman–Crippen MR) is 315 cm³/mol. The summed E-state index contributed by atoms with van der Waals surface area (Å²) in [4.78, 5) is 9.34. The Bertz CT molecular complexity index is 3360. The van der Waals surface area contributed by atoms with Gasteiger partial charge in [0.25, 0.3) is 6.71 Å². The number of thiophene rings is 1. The highest BCUT2D eigenvalue weighted by Gasteiger charge is 2.51. The molecule has 3 heterocycles. The molecule has 0 amide bonds. The maximum absolute atomic E-state index is 2.69. The van der Waals surface area contributed by atoms with Crippen LogP contribution in [0.4, 0.5) is 51.2 Å². The molecule has 2 aliphatic heterocycles. The van der Waals surface area contributed by atoms with Gasteiger partial charge in [0.05, 0.1) is 11.4 Å². The number of fused-ring (bicyclic) bond motifs is 6. The van der Waals surface area contributed by atoms with Gasteiger partial charge in [-0.25, -0.2) is 0 Å². The standard InChI is InChI=1S/C67H72BN3S/c1-43-39-56-59-57(40-43)71(54-36-29-47(65(8,9)10)41-52(54)44-21-17-15-18-22-44)55-42-51(69(48-23-19-16-20-24-48)49-30-25-45(26-31-49)63(2,3)4)34-35-53(55)68(59)62-60(58-61(72-62)67(13,14)38-37-66(58,11)12)70(56)50-32-27-46(28-33-50)64(5,6)7/h15-36,39-42H,37-38H2,1-14H3. The molecule has 0 radical (unpaired) electrons. The largest absolute Gasteiger partial charge is 0.311 e. The number of para-hydroxylation sites is 1. The average molecular weight is 962 g/mol. The molecular formula is C67H72BN3S. The fourth-order valence-electron chi connectivity index (χ4n) is 11.9.